The standard InChI is InChI=1S/C18H22N4O2S/c1-24-15-4-2-14(3-5-15)21-17(23)10-13-6-8-22(9-7-13)12-16-11-20-18(19)25-16/h2-5,10-11H,6-9,12H2,1H3,(H2,19,20)(H,21,23). The molecule has 0 bridgehead atoms. The van der Waals surface area contributed by atoms with Crippen molar-refractivity contribution in [3.05, 3.63) is 47.0 Å². The molecule has 7 heteroatoms. The summed E-state index contributed by atoms with van der Waals surface area (Å²) in [5, 5.41) is 3.50. The van der Waals surface area contributed by atoms with Crippen molar-refractivity contribution >= 4 is 28.1 Å². The summed E-state index contributed by atoms with van der Waals surface area (Å²) in [6, 6.07) is 7.32. The van der Waals surface area contributed by atoms with E-state index in [1.165, 1.54) is 21.8 Å². The minimum Gasteiger partial charge on any atom is -0.497 e. The Hall–Kier alpha value is -2.38. The molecule has 1 aliphatic heterocycles. The Morgan fingerprint density at radius 1 is 1.36 bits per heavy atom. The fraction of sp³-hybridized carbons (Fsp3) is 0.333. The molecule has 0 atom stereocenters. The molecule has 1 aromatic heterocycles. The van der Waals surface area contributed by atoms with Gasteiger partial charge in [-0.25, -0.2) is 4.98 Å². The Balaban J connectivity index is 1.48. The van der Waals surface area contributed by atoms with Crippen LogP contribution in [0.1, 0.15) is 17.7 Å². The van der Waals surface area contributed by atoms with Crippen LogP contribution in [0.2, 0.25) is 0 Å². The summed E-state index contributed by atoms with van der Waals surface area (Å²) in [5.74, 6) is 0.690. The molecule has 6 nitrogen and oxygen atoms in total. The first-order chi connectivity index (χ1) is 12.1. The molecular formula is C18H22N4O2S. The van der Waals surface area contributed by atoms with Gasteiger partial charge in [-0.1, -0.05) is 5.57 Å². The first kappa shape index (κ1) is 17.4. The molecule has 3 N–H and O–H groups in total. The van der Waals surface area contributed by atoms with Crippen molar-refractivity contribution in [2.75, 3.05) is 31.2 Å². The zero-order valence-corrected chi connectivity index (χ0v) is 15.0. The van der Waals surface area contributed by atoms with Gasteiger partial charge < -0.3 is 15.8 Å². The molecule has 1 saturated heterocycles. The lowest BCUT2D eigenvalue weighted by atomic mass is 10.0. The number of hydrogen-bond donors (Lipinski definition) is 2. The van der Waals surface area contributed by atoms with Gasteiger partial charge in [0.1, 0.15) is 5.75 Å². The van der Waals surface area contributed by atoms with E-state index >= 15 is 0 Å². The average molecular weight is 358 g/mol. The van der Waals surface area contributed by atoms with Crippen LogP contribution < -0.4 is 15.8 Å². The molecule has 2 aromatic rings. The number of carbonyl (C=O) groups is 1. The summed E-state index contributed by atoms with van der Waals surface area (Å²) in [6.45, 7) is 2.76. The van der Waals surface area contributed by atoms with Crippen LogP contribution in [-0.2, 0) is 11.3 Å². The van der Waals surface area contributed by atoms with Crippen LogP contribution in [0.15, 0.2) is 42.1 Å². The molecule has 0 saturated carbocycles. The first-order valence-electron chi connectivity index (χ1n) is 8.19. The molecule has 2 heterocycles. The van der Waals surface area contributed by atoms with Crippen molar-refractivity contribution < 1.29 is 9.53 Å². The van der Waals surface area contributed by atoms with Crippen molar-refractivity contribution in [1.29, 1.82) is 0 Å². The zero-order chi connectivity index (χ0) is 17.6. The maximum Gasteiger partial charge on any atom is 0.248 e. The predicted octanol–water partition coefficient (Wildman–Crippen LogP) is 2.89. The second-order valence-corrected chi connectivity index (χ2v) is 7.11. The summed E-state index contributed by atoms with van der Waals surface area (Å²) in [7, 11) is 1.62. The molecule has 0 aliphatic carbocycles. The number of likely N-dealkylation sites (tertiary alicyclic amines) is 1. The number of rotatable bonds is 5. The number of thiazole rings is 1. The Morgan fingerprint density at radius 2 is 2.08 bits per heavy atom. The lowest BCUT2D eigenvalue weighted by Gasteiger charge is -2.27. The number of hydrogen-bond acceptors (Lipinski definition) is 6. The number of nitrogens with one attached hydrogen (secondary N) is 1. The largest absolute Gasteiger partial charge is 0.497 e. The van der Waals surface area contributed by atoms with Gasteiger partial charge in [-0.05, 0) is 37.1 Å². The van der Waals surface area contributed by atoms with Gasteiger partial charge in [0.05, 0.1) is 7.11 Å². The third-order valence-electron chi connectivity index (χ3n) is 4.14. The Kier molecular flexibility index (Phi) is 5.67. The van der Waals surface area contributed by atoms with Gasteiger partial charge in [0.2, 0.25) is 5.91 Å². The van der Waals surface area contributed by atoms with Crippen LogP contribution in [0, 0.1) is 0 Å². The molecule has 3 rings (SSSR count). The van der Waals surface area contributed by atoms with E-state index in [1.807, 2.05) is 30.5 Å². The van der Waals surface area contributed by atoms with Gasteiger partial charge in [0.15, 0.2) is 5.13 Å². The fourth-order valence-corrected chi connectivity index (χ4v) is 3.52. The number of nitrogens with zero attached hydrogens (tertiary/aromatic N) is 2. The van der Waals surface area contributed by atoms with E-state index in [-0.39, 0.29) is 5.91 Å². The number of ether oxygens (including phenoxy) is 1. The number of amides is 1. The second kappa shape index (κ2) is 8.13. The molecular weight excluding hydrogens is 336 g/mol. The maximum atomic E-state index is 12.2. The van der Waals surface area contributed by atoms with Crippen molar-refractivity contribution in [2.24, 2.45) is 0 Å². The number of nitrogen functional groups attached to an aromatic ring is 1. The molecule has 0 radical (unpaired) electrons. The van der Waals surface area contributed by atoms with Gasteiger partial charge in [0.25, 0.3) is 0 Å². The van der Waals surface area contributed by atoms with E-state index in [9.17, 15) is 4.79 Å². The number of piperidine rings is 1. The SMILES string of the molecule is COc1ccc(NC(=O)C=C2CCN(Cc3cnc(N)s3)CC2)cc1. The highest BCUT2D eigenvalue weighted by Gasteiger charge is 2.16. The van der Waals surface area contributed by atoms with Crippen LogP contribution >= 0.6 is 11.3 Å². The third-order valence-corrected chi connectivity index (χ3v) is 4.95. The smallest absolute Gasteiger partial charge is 0.248 e. The van der Waals surface area contributed by atoms with Gasteiger partial charge in [-0.3, -0.25) is 9.69 Å². The molecule has 1 fully saturated rings. The van der Waals surface area contributed by atoms with E-state index < -0.39 is 0 Å². The van der Waals surface area contributed by atoms with E-state index in [4.69, 9.17) is 10.5 Å². The molecule has 0 spiro atoms. The minimum absolute atomic E-state index is 0.0798. The summed E-state index contributed by atoms with van der Waals surface area (Å²) in [5.41, 5.74) is 7.62. The maximum absolute atomic E-state index is 12.2. The van der Waals surface area contributed by atoms with E-state index in [0.29, 0.717) is 5.13 Å². The highest BCUT2D eigenvalue weighted by molar-refractivity contribution is 7.15. The molecule has 0 unspecified atom stereocenters. The predicted molar refractivity (Wildman–Crippen MR) is 101 cm³/mol. The number of methoxy groups -OCH3 is 1. The topological polar surface area (TPSA) is 80.5 Å². The zero-order valence-electron chi connectivity index (χ0n) is 14.2. The van der Waals surface area contributed by atoms with E-state index in [1.54, 1.807) is 13.2 Å². The normalized spacial score (nSPS) is 15.0. The molecule has 132 valence electrons. The van der Waals surface area contributed by atoms with Crippen molar-refractivity contribution in [1.82, 2.24) is 9.88 Å². The van der Waals surface area contributed by atoms with Crippen LogP contribution in [0.25, 0.3) is 0 Å². The fourth-order valence-electron chi connectivity index (χ4n) is 2.80. The number of anilines is 2. The van der Waals surface area contributed by atoms with Crippen LogP contribution in [0.4, 0.5) is 10.8 Å². The number of benzene rings is 1. The van der Waals surface area contributed by atoms with Crippen LogP contribution in [0.3, 0.4) is 0 Å². The Morgan fingerprint density at radius 3 is 2.68 bits per heavy atom. The van der Waals surface area contributed by atoms with Crippen molar-refractivity contribution in [3.63, 3.8) is 0 Å². The first-order valence-corrected chi connectivity index (χ1v) is 9.01. The lowest BCUT2D eigenvalue weighted by molar-refractivity contribution is -0.112. The number of nitrogens with two attached hydrogens (primary N) is 1. The van der Waals surface area contributed by atoms with Crippen molar-refractivity contribution in [2.45, 2.75) is 19.4 Å². The van der Waals surface area contributed by atoms with Crippen LogP contribution in [-0.4, -0.2) is 36.0 Å². The van der Waals surface area contributed by atoms with Gasteiger partial charge in [0, 0.05) is 42.5 Å². The Bertz CT molecular complexity index is 745. The second-order valence-electron chi connectivity index (χ2n) is 5.96. The lowest BCUT2D eigenvalue weighted by Crippen LogP contribution is -2.30. The van der Waals surface area contributed by atoms with Gasteiger partial charge >= 0.3 is 0 Å². The number of aromatic nitrogens is 1. The van der Waals surface area contributed by atoms with E-state index in [0.717, 1.165) is 43.9 Å². The third kappa shape index (κ3) is 5.04. The van der Waals surface area contributed by atoms with Gasteiger partial charge in [-0.15, -0.1) is 11.3 Å². The molecule has 1 aliphatic rings. The summed E-state index contributed by atoms with van der Waals surface area (Å²) in [6.07, 6.45) is 5.38. The minimum atomic E-state index is -0.0798. The van der Waals surface area contributed by atoms with Crippen LogP contribution in [0.5, 0.6) is 5.75 Å². The molecule has 25 heavy (non-hydrogen) atoms. The Labute approximate surface area is 151 Å². The monoisotopic (exact) mass is 358 g/mol. The highest BCUT2D eigenvalue weighted by atomic mass is 32.1. The van der Waals surface area contributed by atoms with E-state index in [2.05, 4.69) is 15.2 Å². The van der Waals surface area contributed by atoms with Gasteiger partial charge in [-0.2, -0.15) is 0 Å². The quantitative estimate of drug-likeness (QED) is 0.804. The molecule has 1 amide bonds. The van der Waals surface area contributed by atoms with Crippen molar-refractivity contribution in [3.8, 4) is 5.75 Å². The number of carbonyl (C=O) groups excluding carboxylic acids is 1. The average Bonchev–Trinajstić information content (AvgIpc) is 3.02. The molecule has 1 aromatic carbocycles. The summed E-state index contributed by atoms with van der Waals surface area (Å²) >= 11 is 1.53. The summed E-state index contributed by atoms with van der Waals surface area (Å²) < 4.78 is 5.11. The highest BCUT2D eigenvalue weighted by Crippen LogP contribution is 2.22. The summed E-state index contributed by atoms with van der Waals surface area (Å²) in [4.78, 5) is 19.8.